The van der Waals surface area contributed by atoms with Crippen LogP contribution >= 0.6 is 35.1 Å². The molecule has 0 amide bonds. The number of rotatable bonds is 6. The minimum Gasteiger partial charge on any atom is -0.384 e. The first-order valence-corrected chi connectivity index (χ1v) is 8.61. The second-order valence-corrected chi connectivity index (χ2v) is 6.80. The minimum absolute atomic E-state index is 0.533. The normalized spacial score (nSPS) is 10.7. The maximum Gasteiger partial charge on any atom is 0.189 e. The van der Waals surface area contributed by atoms with Gasteiger partial charge >= 0.3 is 0 Å². The number of hydrogen-bond donors (Lipinski definition) is 1. The maximum atomic E-state index is 6.11. The molecule has 3 nitrogen and oxygen atoms in total. The first kappa shape index (κ1) is 15.5. The molecule has 1 aromatic carbocycles. The molecular weight excluding hydrogens is 310 g/mol. The predicted molar refractivity (Wildman–Crippen MR) is 88.7 cm³/mol. The second-order valence-electron chi connectivity index (χ2n) is 4.20. The van der Waals surface area contributed by atoms with Gasteiger partial charge in [0, 0.05) is 22.4 Å². The van der Waals surface area contributed by atoms with Crippen LogP contribution in [0.2, 0.25) is 5.02 Å². The fourth-order valence-electron chi connectivity index (χ4n) is 1.60. The third kappa shape index (κ3) is 4.89. The maximum absolute atomic E-state index is 6.11. The highest BCUT2D eigenvalue weighted by molar-refractivity contribution is 8.00. The van der Waals surface area contributed by atoms with Crippen LogP contribution in [0, 0.1) is 6.92 Å². The molecule has 20 heavy (non-hydrogen) atoms. The molecule has 6 heteroatoms. The Morgan fingerprint density at radius 3 is 2.65 bits per heavy atom. The molecule has 0 aliphatic rings. The first-order valence-electron chi connectivity index (χ1n) is 6.26. The van der Waals surface area contributed by atoms with Crippen molar-refractivity contribution in [1.29, 1.82) is 0 Å². The Morgan fingerprint density at radius 1 is 1.15 bits per heavy atom. The first-order chi connectivity index (χ1) is 9.65. The zero-order valence-corrected chi connectivity index (χ0v) is 13.6. The number of nitrogens with two attached hydrogens (primary N) is 1. The summed E-state index contributed by atoms with van der Waals surface area (Å²) in [4.78, 5) is 9.69. The number of nitrogen functional groups attached to an aromatic ring is 1. The Hall–Kier alpha value is -0.910. The molecule has 1 heterocycles. The molecule has 0 aliphatic heterocycles. The lowest BCUT2D eigenvalue weighted by Crippen LogP contribution is -1.97. The van der Waals surface area contributed by atoms with Gasteiger partial charge in [-0.25, -0.2) is 9.97 Å². The van der Waals surface area contributed by atoms with Crippen molar-refractivity contribution in [3.05, 3.63) is 41.0 Å². The predicted octanol–water partition coefficient (Wildman–Crippen LogP) is 4.30. The van der Waals surface area contributed by atoms with E-state index < -0.39 is 0 Å². The highest BCUT2D eigenvalue weighted by atomic mass is 35.5. The van der Waals surface area contributed by atoms with Crippen LogP contribution in [0.5, 0.6) is 0 Å². The van der Waals surface area contributed by atoms with Gasteiger partial charge in [-0.3, -0.25) is 0 Å². The fourth-order valence-corrected chi connectivity index (χ4v) is 3.82. The van der Waals surface area contributed by atoms with Gasteiger partial charge in [0.2, 0.25) is 0 Å². The van der Waals surface area contributed by atoms with Gasteiger partial charge in [-0.1, -0.05) is 35.5 Å². The number of benzene rings is 1. The van der Waals surface area contributed by atoms with Gasteiger partial charge in [-0.2, -0.15) is 0 Å². The summed E-state index contributed by atoms with van der Waals surface area (Å²) in [6.45, 7) is 1.93. The number of thioether (sulfide) groups is 2. The lowest BCUT2D eigenvalue weighted by atomic mass is 10.4. The van der Waals surface area contributed by atoms with E-state index in [4.69, 9.17) is 17.3 Å². The summed E-state index contributed by atoms with van der Waals surface area (Å²) in [7, 11) is 0. The SMILES string of the molecule is Cc1cc(N)nc(SCCCSc2ccccc2Cl)n1. The summed E-state index contributed by atoms with van der Waals surface area (Å²) < 4.78 is 0. The lowest BCUT2D eigenvalue weighted by molar-refractivity contribution is 0.937. The van der Waals surface area contributed by atoms with Crippen molar-refractivity contribution in [2.75, 3.05) is 17.2 Å². The molecular formula is C14H16ClN3S2. The minimum atomic E-state index is 0.533. The van der Waals surface area contributed by atoms with Crippen LogP contribution in [-0.4, -0.2) is 21.5 Å². The quantitative estimate of drug-likeness (QED) is 0.487. The summed E-state index contributed by atoms with van der Waals surface area (Å²) in [6.07, 6.45) is 1.07. The zero-order chi connectivity index (χ0) is 14.4. The summed E-state index contributed by atoms with van der Waals surface area (Å²) in [5.74, 6) is 2.53. The molecule has 2 rings (SSSR count). The number of aryl methyl sites for hydroxylation is 1. The van der Waals surface area contributed by atoms with Crippen LogP contribution in [0.4, 0.5) is 5.82 Å². The van der Waals surface area contributed by atoms with Gasteiger partial charge in [-0.05, 0) is 31.2 Å². The number of anilines is 1. The molecule has 1 aromatic heterocycles. The molecule has 0 atom stereocenters. The van der Waals surface area contributed by atoms with Crippen LogP contribution in [0.1, 0.15) is 12.1 Å². The second kappa shape index (κ2) is 7.76. The molecule has 0 unspecified atom stereocenters. The molecule has 0 radical (unpaired) electrons. The summed E-state index contributed by atoms with van der Waals surface area (Å²) >= 11 is 9.53. The number of hydrogen-bond acceptors (Lipinski definition) is 5. The van der Waals surface area contributed by atoms with Crippen molar-refractivity contribution < 1.29 is 0 Å². The van der Waals surface area contributed by atoms with Gasteiger partial charge in [0.25, 0.3) is 0 Å². The third-order valence-electron chi connectivity index (χ3n) is 2.47. The van der Waals surface area contributed by atoms with E-state index in [9.17, 15) is 0 Å². The molecule has 0 fully saturated rings. The summed E-state index contributed by atoms with van der Waals surface area (Å²) in [6, 6.07) is 9.69. The molecule has 2 aromatic rings. The van der Waals surface area contributed by atoms with Crippen LogP contribution in [0.15, 0.2) is 40.4 Å². The van der Waals surface area contributed by atoms with E-state index in [1.165, 1.54) is 0 Å². The van der Waals surface area contributed by atoms with Crippen molar-refractivity contribution in [3.63, 3.8) is 0 Å². The van der Waals surface area contributed by atoms with Gasteiger partial charge in [-0.15, -0.1) is 11.8 Å². The molecule has 0 bridgehead atoms. The van der Waals surface area contributed by atoms with E-state index in [0.29, 0.717) is 5.82 Å². The smallest absolute Gasteiger partial charge is 0.189 e. The van der Waals surface area contributed by atoms with Crippen LogP contribution in [0.3, 0.4) is 0 Å². The van der Waals surface area contributed by atoms with Crippen LogP contribution in [0.25, 0.3) is 0 Å². The molecule has 0 spiro atoms. The van der Waals surface area contributed by atoms with Crippen molar-refractivity contribution in [1.82, 2.24) is 9.97 Å². The Labute approximate surface area is 132 Å². The van der Waals surface area contributed by atoms with Gasteiger partial charge in [0.05, 0.1) is 5.02 Å². The standard InChI is InChI=1S/C14H16ClN3S2/c1-10-9-13(16)18-14(17-10)20-8-4-7-19-12-6-3-2-5-11(12)15/h2-3,5-6,9H,4,7-8H2,1H3,(H2,16,17,18). The van der Waals surface area contributed by atoms with E-state index in [2.05, 4.69) is 9.97 Å². The molecule has 106 valence electrons. The number of nitrogens with zero attached hydrogens (tertiary/aromatic N) is 2. The average Bonchev–Trinajstić information content (AvgIpc) is 2.39. The summed E-state index contributed by atoms with van der Waals surface area (Å²) in [5.41, 5.74) is 6.61. The van der Waals surface area contributed by atoms with Crippen molar-refractivity contribution in [2.24, 2.45) is 0 Å². The summed E-state index contributed by atoms with van der Waals surface area (Å²) in [5, 5.41) is 1.57. The Bertz CT molecular complexity index is 558. The number of aromatic nitrogens is 2. The monoisotopic (exact) mass is 325 g/mol. The van der Waals surface area contributed by atoms with E-state index in [-0.39, 0.29) is 0 Å². The van der Waals surface area contributed by atoms with Gasteiger partial charge in [0.1, 0.15) is 5.82 Å². The van der Waals surface area contributed by atoms with Crippen LogP contribution in [-0.2, 0) is 0 Å². The third-order valence-corrected chi connectivity index (χ3v) is 5.00. The molecule has 2 N–H and O–H groups in total. The Morgan fingerprint density at radius 2 is 1.90 bits per heavy atom. The Balaban J connectivity index is 1.73. The highest BCUT2D eigenvalue weighted by Crippen LogP contribution is 2.27. The molecule has 0 aliphatic carbocycles. The lowest BCUT2D eigenvalue weighted by Gasteiger charge is -2.04. The highest BCUT2D eigenvalue weighted by Gasteiger charge is 2.02. The van der Waals surface area contributed by atoms with Crippen LogP contribution < -0.4 is 5.73 Å². The average molecular weight is 326 g/mol. The Kier molecular flexibility index (Phi) is 6.01. The topological polar surface area (TPSA) is 51.8 Å². The van der Waals surface area contributed by atoms with E-state index in [1.807, 2.05) is 31.2 Å². The zero-order valence-electron chi connectivity index (χ0n) is 11.2. The van der Waals surface area contributed by atoms with E-state index >= 15 is 0 Å². The van der Waals surface area contributed by atoms with E-state index in [0.717, 1.165) is 38.7 Å². The van der Waals surface area contributed by atoms with Gasteiger partial charge < -0.3 is 5.73 Å². The number of halogens is 1. The largest absolute Gasteiger partial charge is 0.384 e. The van der Waals surface area contributed by atoms with E-state index in [1.54, 1.807) is 29.6 Å². The van der Waals surface area contributed by atoms with Crippen molar-refractivity contribution in [2.45, 2.75) is 23.4 Å². The van der Waals surface area contributed by atoms with Gasteiger partial charge in [0.15, 0.2) is 5.16 Å². The molecule has 0 saturated carbocycles. The van der Waals surface area contributed by atoms with Crippen molar-refractivity contribution in [3.8, 4) is 0 Å². The van der Waals surface area contributed by atoms with Crippen molar-refractivity contribution >= 4 is 40.9 Å². The fraction of sp³-hybridized carbons (Fsp3) is 0.286. The molecule has 0 saturated heterocycles.